The van der Waals surface area contributed by atoms with Gasteiger partial charge in [-0.15, -0.1) is 0 Å². The minimum atomic E-state index is -1.12. The van der Waals surface area contributed by atoms with Gasteiger partial charge in [0.05, 0.1) is 0 Å². The second kappa shape index (κ2) is 7.98. The Kier molecular flexibility index (Phi) is 5.74. The van der Waals surface area contributed by atoms with Crippen LogP contribution in [0.5, 0.6) is 0 Å². The second-order valence-corrected chi connectivity index (χ2v) is 4.94. The van der Waals surface area contributed by atoms with Crippen molar-refractivity contribution in [3.05, 3.63) is 53.9 Å². The lowest BCUT2D eigenvalue weighted by Crippen LogP contribution is -2.42. The Morgan fingerprint density at radius 2 is 2.04 bits per heavy atom. The van der Waals surface area contributed by atoms with Gasteiger partial charge in [-0.25, -0.2) is 9.59 Å². The van der Waals surface area contributed by atoms with E-state index in [2.05, 4.69) is 10.4 Å². The number of nitrogens with one attached hydrogen (secondary N) is 1. The van der Waals surface area contributed by atoms with E-state index in [1.54, 1.807) is 16.9 Å². The van der Waals surface area contributed by atoms with Crippen molar-refractivity contribution in [2.45, 2.75) is 32.5 Å². The summed E-state index contributed by atoms with van der Waals surface area (Å²) in [5.41, 5.74) is 1.57. The van der Waals surface area contributed by atoms with Gasteiger partial charge in [-0.05, 0) is 18.6 Å². The van der Waals surface area contributed by atoms with Crippen LogP contribution in [0.15, 0.2) is 42.6 Å². The summed E-state index contributed by atoms with van der Waals surface area (Å²) in [6.07, 6.45) is 0.985. The molecule has 0 radical (unpaired) electrons. The minimum absolute atomic E-state index is 0.0892. The average molecular weight is 317 g/mol. The van der Waals surface area contributed by atoms with Crippen LogP contribution in [0.4, 0.5) is 4.79 Å². The maximum atomic E-state index is 11.8. The van der Waals surface area contributed by atoms with Gasteiger partial charge < -0.3 is 15.2 Å². The second-order valence-electron chi connectivity index (χ2n) is 4.94. The highest BCUT2D eigenvalue weighted by molar-refractivity contribution is 5.80. The zero-order valence-corrected chi connectivity index (χ0v) is 12.8. The summed E-state index contributed by atoms with van der Waals surface area (Å²) >= 11 is 0. The van der Waals surface area contributed by atoms with Gasteiger partial charge in [-0.1, -0.05) is 30.3 Å². The normalized spacial score (nSPS) is 11.7. The van der Waals surface area contributed by atoms with Crippen LogP contribution in [0.25, 0.3) is 0 Å². The molecule has 0 bridgehead atoms. The first-order valence-electron chi connectivity index (χ1n) is 7.31. The van der Waals surface area contributed by atoms with Gasteiger partial charge in [0, 0.05) is 24.9 Å². The third-order valence-electron chi connectivity index (χ3n) is 3.32. The van der Waals surface area contributed by atoms with E-state index >= 15 is 0 Å². The molecule has 0 saturated carbocycles. The largest absolute Gasteiger partial charge is 0.480 e. The first kappa shape index (κ1) is 16.5. The van der Waals surface area contributed by atoms with Crippen LogP contribution in [-0.2, 0) is 29.1 Å². The molecule has 1 aromatic carbocycles. The number of alkyl carbamates (subject to hydrolysis) is 1. The number of hydrogen-bond donors (Lipinski definition) is 2. The highest BCUT2D eigenvalue weighted by atomic mass is 16.5. The van der Waals surface area contributed by atoms with Gasteiger partial charge in [-0.2, -0.15) is 5.10 Å². The van der Waals surface area contributed by atoms with Gasteiger partial charge >= 0.3 is 12.1 Å². The van der Waals surface area contributed by atoms with Gasteiger partial charge in [0.15, 0.2) is 0 Å². The molecule has 1 amide bonds. The highest BCUT2D eigenvalue weighted by Gasteiger charge is 2.22. The first-order chi connectivity index (χ1) is 11.1. The summed E-state index contributed by atoms with van der Waals surface area (Å²) in [4.78, 5) is 23.1. The van der Waals surface area contributed by atoms with Crippen molar-refractivity contribution in [3.63, 3.8) is 0 Å². The molecule has 0 saturated heterocycles. The lowest BCUT2D eigenvalue weighted by Gasteiger charge is -2.15. The van der Waals surface area contributed by atoms with E-state index in [9.17, 15) is 14.7 Å². The molecule has 0 fully saturated rings. The molecule has 0 aliphatic heterocycles. The molecular formula is C16H19N3O4. The lowest BCUT2D eigenvalue weighted by molar-refractivity contribution is -0.139. The molecule has 2 aromatic rings. The number of rotatable bonds is 7. The van der Waals surface area contributed by atoms with Crippen molar-refractivity contribution in [1.82, 2.24) is 15.1 Å². The molecule has 2 N–H and O–H groups in total. The number of ether oxygens (including phenoxy) is 1. The maximum Gasteiger partial charge on any atom is 0.408 e. The summed E-state index contributed by atoms with van der Waals surface area (Å²) < 4.78 is 6.74. The Bertz CT molecular complexity index is 654. The van der Waals surface area contributed by atoms with Crippen LogP contribution >= 0.6 is 0 Å². The van der Waals surface area contributed by atoms with Crippen molar-refractivity contribution in [1.29, 1.82) is 0 Å². The quantitative estimate of drug-likeness (QED) is 0.812. The Morgan fingerprint density at radius 3 is 2.70 bits per heavy atom. The standard InChI is InChI=1S/C16H19N3O4/c1-2-19-13(8-9-17-19)10-14(15(20)21)18-16(22)23-11-12-6-4-3-5-7-12/h3-9,14H,2,10-11H2,1H3,(H,18,22)(H,20,21). The molecule has 1 heterocycles. The number of aryl methyl sites for hydroxylation is 1. The number of nitrogens with zero attached hydrogens (tertiary/aromatic N) is 2. The number of carboxylic acid groups (broad SMARTS) is 1. The van der Waals surface area contributed by atoms with Crippen LogP contribution in [0.3, 0.4) is 0 Å². The maximum absolute atomic E-state index is 11.8. The summed E-state index contributed by atoms with van der Waals surface area (Å²) in [5.74, 6) is -1.12. The van der Waals surface area contributed by atoms with Gasteiger partial charge in [0.25, 0.3) is 0 Å². The Balaban J connectivity index is 1.91. The van der Waals surface area contributed by atoms with Crippen molar-refractivity contribution in [3.8, 4) is 0 Å². The van der Waals surface area contributed by atoms with E-state index in [0.717, 1.165) is 11.3 Å². The molecule has 1 unspecified atom stereocenters. The first-order valence-corrected chi connectivity index (χ1v) is 7.31. The van der Waals surface area contributed by atoms with E-state index in [-0.39, 0.29) is 13.0 Å². The van der Waals surface area contributed by atoms with Crippen LogP contribution in [0.1, 0.15) is 18.2 Å². The average Bonchev–Trinajstić information content (AvgIpc) is 3.00. The van der Waals surface area contributed by atoms with Gasteiger partial charge in [0.2, 0.25) is 0 Å². The van der Waals surface area contributed by atoms with Crippen LogP contribution in [0.2, 0.25) is 0 Å². The fourth-order valence-corrected chi connectivity index (χ4v) is 2.13. The summed E-state index contributed by atoms with van der Waals surface area (Å²) in [6.45, 7) is 2.63. The molecule has 0 aliphatic rings. The number of aromatic nitrogens is 2. The number of carbonyl (C=O) groups is 2. The van der Waals surface area contributed by atoms with Crippen LogP contribution in [-0.4, -0.2) is 33.0 Å². The van der Waals surface area contributed by atoms with E-state index < -0.39 is 18.1 Å². The number of benzene rings is 1. The number of amides is 1. The topological polar surface area (TPSA) is 93.5 Å². The van der Waals surface area contributed by atoms with Crippen molar-refractivity contribution in [2.75, 3.05) is 0 Å². The van der Waals surface area contributed by atoms with Crippen molar-refractivity contribution < 1.29 is 19.4 Å². The monoisotopic (exact) mass is 317 g/mol. The van der Waals surface area contributed by atoms with E-state index in [4.69, 9.17) is 4.74 Å². The lowest BCUT2D eigenvalue weighted by atomic mass is 10.1. The molecule has 1 atom stereocenters. The van der Waals surface area contributed by atoms with E-state index in [1.807, 2.05) is 37.3 Å². The number of hydrogen-bond acceptors (Lipinski definition) is 4. The smallest absolute Gasteiger partial charge is 0.408 e. The van der Waals surface area contributed by atoms with E-state index in [1.165, 1.54) is 0 Å². The predicted octanol–water partition coefficient (Wildman–Crippen LogP) is 1.83. The zero-order valence-electron chi connectivity index (χ0n) is 12.8. The summed E-state index contributed by atoms with van der Waals surface area (Å²) in [5, 5.41) is 15.7. The molecule has 2 rings (SSSR count). The fourth-order valence-electron chi connectivity index (χ4n) is 2.13. The summed E-state index contributed by atoms with van der Waals surface area (Å²) in [6, 6.07) is 9.84. The van der Waals surface area contributed by atoms with Gasteiger partial charge in [-0.3, -0.25) is 4.68 Å². The van der Waals surface area contributed by atoms with Crippen LogP contribution < -0.4 is 5.32 Å². The Hall–Kier alpha value is -2.83. The molecular weight excluding hydrogens is 298 g/mol. The molecule has 1 aromatic heterocycles. The SMILES string of the molecule is CCn1nccc1CC(NC(=O)OCc1ccccc1)C(=O)O. The zero-order chi connectivity index (χ0) is 16.7. The van der Waals surface area contributed by atoms with Crippen molar-refractivity contribution >= 4 is 12.1 Å². The number of carboxylic acids is 1. The Morgan fingerprint density at radius 1 is 1.30 bits per heavy atom. The van der Waals surface area contributed by atoms with Crippen LogP contribution in [0, 0.1) is 0 Å². The summed E-state index contributed by atoms with van der Waals surface area (Å²) in [7, 11) is 0. The molecule has 23 heavy (non-hydrogen) atoms. The third kappa shape index (κ3) is 4.84. The minimum Gasteiger partial charge on any atom is -0.480 e. The molecule has 0 spiro atoms. The molecule has 122 valence electrons. The molecule has 0 aliphatic carbocycles. The Labute approximate surface area is 133 Å². The van der Waals surface area contributed by atoms with Crippen molar-refractivity contribution in [2.24, 2.45) is 0 Å². The molecule has 7 nitrogen and oxygen atoms in total. The number of aliphatic carboxylic acids is 1. The van der Waals surface area contributed by atoms with E-state index in [0.29, 0.717) is 6.54 Å². The third-order valence-corrected chi connectivity index (χ3v) is 3.32. The predicted molar refractivity (Wildman–Crippen MR) is 82.8 cm³/mol. The highest BCUT2D eigenvalue weighted by Crippen LogP contribution is 2.05. The molecule has 7 heteroatoms. The fraction of sp³-hybridized carbons (Fsp3) is 0.312. The van der Waals surface area contributed by atoms with Gasteiger partial charge in [0.1, 0.15) is 12.6 Å². The number of carbonyl (C=O) groups excluding carboxylic acids is 1.